The van der Waals surface area contributed by atoms with E-state index >= 15 is 0 Å². The Morgan fingerprint density at radius 1 is 1.33 bits per heavy atom. The Morgan fingerprint density at radius 2 is 2.00 bits per heavy atom. The second-order valence-electron chi connectivity index (χ2n) is 5.55. The summed E-state index contributed by atoms with van der Waals surface area (Å²) in [6, 6.07) is 4.81. The minimum atomic E-state index is -3.32. The molecule has 0 saturated heterocycles. The highest BCUT2D eigenvalue weighted by atomic mass is 32.2. The van der Waals surface area contributed by atoms with Gasteiger partial charge in [0.1, 0.15) is 18.8 Å². The molecule has 0 amide bonds. The lowest BCUT2D eigenvalue weighted by molar-refractivity contribution is 0.0888. The van der Waals surface area contributed by atoms with Crippen molar-refractivity contribution in [2.45, 2.75) is 23.5 Å². The quantitative estimate of drug-likeness (QED) is 0.722. The first kappa shape index (κ1) is 18.5. The number of aliphatic hydroxyl groups is 1. The average Bonchev–Trinajstić information content (AvgIpc) is 3.01. The van der Waals surface area contributed by atoms with Gasteiger partial charge in [-0.05, 0) is 24.7 Å². The molecule has 132 valence electrons. The van der Waals surface area contributed by atoms with Crippen molar-refractivity contribution < 1.29 is 17.9 Å². The van der Waals surface area contributed by atoms with Crippen LogP contribution in [0.3, 0.4) is 0 Å². The molecule has 0 unspecified atom stereocenters. The third kappa shape index (κ3) is 4.37. The standard InChI is InChI=1S/C15H21FN4O3S/c1-17-8-7-12-10-20(19-18-12)14(9-16)15(21)11-3-5-13(6-4-11)24(2,22)23/h3-6,10,14-15,17,21H,7-9H2,1-2H3/t14-,15-/m1/s1. The molecule has 0 bridgehead atoms. The number of aromatic nitrogens is 3. The van der Waals surface area contributed by atoms with E-state index < -0.39 is 28.7 Å². The second kappa shape index (κ2) is 7.82. The number of alkyl halides is 1. The van der Waals surface area contributed by atoms with Crippen LogP contribution in [0, 0.1) is 0 Å². The van der Waals surface area contributed by atoms with Gasteiger partial charge in [-0.25, -0.2) is 17.5 Å². The maximum atomic E-state index is 13.5. The number of likely N-dealkylation sites (N-methyl/N-ethyl adjacent to an activating group) is 1. The Hall–Kier alpha value is -1.84. The zero-order valence-electron chi connectivity index (χ0n) is 13.6. The van der Waals surface area contributed by atoms with Crippen LogP contribution in [0.1, 0.15) is 23.4 Å². The van der Waals surface area contributed by atoms with Gasteiger partial charge in [-0.3, -0.25) is 0 Å². The molecule has 2 rings (SSSR count). The minimum absolute atomic E-state index is 0.144. The summed E-state index contributed by atoms with van der Waals surface area (Å²) in [6.07, 6.45) is 2.19. The highest BCUT2D eigenvalue weighted by Crippen LogP contribution is 2.27. The summed E-state index contributed by atoms with van der Waals surface area (Å²) in [4.78, 5) is 0.144. The fraction of sp³-hybridized carbons (Fsp3) is 0.467. The third-order valence-electron chi connectivity index (χ3n) is 3.70. The summed E-state index contributed by atoms with van der Waals surface area (Å²) >= 11 is 0. The predicted octanol–water partition coefficient (Wildman–Crippen LogP) is 0.688. The lowest BCUT2D eigenvalue weighted by Gasteiger charge is -2.20. The number of nitrogens with one attached hydrogen (secondary N) is 1. The number of hydrogen-bond acceptors (Lipinski definition) is 6. The molecule has 0 fully saturated rings. The first-order valence-corrected chi connectivity index (χ1v) is 9.35. The van der Waals surface area contributed by atoms with Crippen LogP contribution in [0.4, 0.5) is 4.39 Å². The molecule has 24 heavy (non-hydrogen) atoms. The van der Waals surface area contributed by atoms with Crippen LogP contribution in [0.5, 0.6) is 0 Å². The summed E-state index contributed by atoms with van der Waals surface area (Å²) in [5, 5.41) is 21.3. The van der Waals surface area contributed by atoms with Crippen molar-refractivity contribution in [3.05, 3.63) is 41.7 Å². The van der Waals surface area contributed by atoms with Gasteiger partial charge in [0.25, 0.3) is 0 Å². The normalized spacial score (nSPS) is 14.5. The molecular weight excluding hydrogens is 335 g/mol. The summed E-state index contributed by atoms with van der Waals surface area (Å²) in [6.45, 7) is -0.113. The van der Waals surface area contributed by atoms with Crippen molar-refractivity contribution >= 4 is 9.84 Å². The summed E-state index contributed by atoms with van der Waals surface area (Å²) in [7, 11) is -1.50. The molecule has 2 aromatic rings. The van der Waals surface area contributed by atoms with E-state index in [9.17, 15) is 17.9 Å². The minimum Gasteiger partial charge on any atom is -0.386 e. The highest BCUT2D eigenvalue weighted by molar-refractivity contribution is 7.90. The zero-order chi connectivity index (χ0) is 17.7. The molecule has 0 spiro atoms. The smallest absolute Gasteiger partial charge is 0.175 e. The van der Waals surface area contributed by atoms with Crippen molar-refractivity contribution in [3.63, 3.8) is 0 Å². The van der Waals surface area contributed by atoms with Gasteiger partial charge in [-0.2, -0.15) is 0 Å². The molecule has 0 aliphatic carbocycles. The van der Waals surface area contributed by atoms with Crippen LogP contribution in [-0.4, -0.2) is 55.0 Å². The van der Waals surface area contributed by atoms with E-state index in [-0.39, 0.29) is 4.90 Å². The van der Waals surface area contributed by atoms with E-state index in [1.165, 1.54) is 28.9 Å². The Balaban J connectivity index is 2.19. The van der Waals surface area contributed by atoms with Gasteiger partial charge >= 0.3 is 0 Å². The van der Waals surface area contributed by atoms with Gasteiger partial charge in [0.15, 0.2) is 9.84 Å². The number of aliphatic hydroxyl groups excluding tert-OH is 1. The number of halogens is 1. The van der Waals surface area contributed by atoms with Crippen LogP contribution in [0.15, 0.2) is 35.4 Å². The van der Waals surface area contributed by atoms with E-state index in [0.717, 1.165) is 6.26 Å². The predicted molar refractivity (Wildman–Crippen MR) is 87.2 cm³/mol. The topological polar surface area (TPSA) is 97.1 Å². The molecule has 1 heterocycles. The Kier molecular flexibility index (Phi) is 6.03. The number of benzene rings is 1. The fourth-order valence-electron chi connectivity index (χ4n) is 2.28. The van der Waals surface area contributed by atoms with Gasteiger partial charge in [0.05, 0.1) is 10.6 Å². The van der Waals surface area contributed by atoms with Crippen molar-refractivity contribution in [1.82, 2.24) is 20.3 Å². The molecule has 0 radical (unpaired) electrons. The molecular formula is C15H21FN4O3S. The molecule has 1 aromatic carbocycles. The third-order valence-corrected chi connectivity index (χ3v) is 4.83. The molecule has 2 N–H and O–H groups in total. The van der Waals surface area contributed by atoms with E-state index in [4.69, 9.17) is 0 Å². The second-order valence-corrected chi connectivity index (χ2v) is 7.57. The molecule has 0 saturated carbocycles. The first-order valence-electron chi connectivity index (χ1n) is 7.46. The Bertz CT molecular complexity index is 761. The first-order chi connectivity index (χ1) is 11.4. The molecule has 2 atom stereocenters. The van der Waals surface area contributed by atoms with Crippen molar-refractivity contribution in [1.29, 1.82) is 0 Å². The van der Waals surface area contributed by atoms with Crippen molar-refractivity contribution in [2.24, 2.45) is 0 Å². The van der Waals surface area contributed by atoms with Gasteiger partial charge in [0, 0.05) is 25.4 Å². The Labute approximate surface area is 140 Å². The molecule has 7 nitrogen and oxygen atoms in total. The maximum absolute atomic E-state index is 13.5. The SMILES string of the molecule is CNCCc1cn([C@H](CF)[C@H](O)c2ccc(S(C)(=O)=O)cc2)nn1. The largest absolute Gasteiger partial charge is 0.386 e. The van der Waals surface area contributed by atoms with E-state index in [0.29, 0.717) is 24.2 Å². The van der Waals surface area contributed by atoms with E-state index in [1.807, 2.05) is 7.05 Å². The number of hydrogen-bond donors (Lipinski definition) is 2. The summed E-state index contributed by atoms with van der Waals surface area (Å²) in [5.41, 5.74) is 1.11. The fourth-order valence-corrected chi connectivity index (χ4v) is 2.91. The molecule has 9 heteroatoms. The molecule has 1 aromatic heterocycles. The monoisotopic (exact) mass is 356 g/mol. The van der Waals surface area contributed by atoms with Crippen LogP contribution >= 0.6 is 0 Å². The number of nitrogens with zero attached hydrogens (tertiary/aromatic N) is 3. The lowest BCUT2D eigenvalue weighted by Crippen LogP contribution is -2.20. The van der Waals surface area contributed by atoms with Gasteiger partial charge < -0.3 is 10.4 Å². The number of rotatable bonds is 8. The average molecular weight is 356 g/mol. The highest BCUT2D eigenvalue weighted by Gasteiger charge is 2.24. The summed E-state index contributed by atoms with van der Waals surface area (Å²) in [5.74, 6) is 0. The Morgan fingerprint density at radius 3 is 2.54 bits per heavy atom. The van der Waals surface area contributed by atoms with Crippen LogP contribution in [0.25, 0.3) is 0 Å². The van der Waals surface area contributed by atoms with Gasteiger partial charge in [-0.15, -0.1) is 5.10 Å². The zero-order valence-corrected chi connectivity index (χ0v) is 14.4. The molecule has 0 aliphatic heterocycles. The van der Waals surface area contributed by atoms with Crippen molar-refractivity contribution in [3.8, 4) is 0 Å². The van der Waals surface area contributed by atoms with Crippen LogP contribution in [0.2, 0.25) is 0 Å². The van der Waals surface area contributed by atoms with E-state index in [1.54, 1.807) is 6.20 Å². The lowest BCUT2D eigenvalue weighted by atomic mass is 10.0. The van der Waals surface area contributed by atoms with Gasteiger partial charge in [0.2, 0.25) is 0 Å². The van der Waals surface area contributed by atoms with Crippen molar-refractivity contribution in [2.75, 3.05) is 26.5 Å². The summed E-state index contributed by atoms with van der Waals surface area (Å²) < 4.78 is 37.7. The maximum Gasteiger partial charge on any atom is 0.175 e. The van der Waals surface area contributed by atoms with Crippen LogP contribution in [-0.2, 0) is 16.3 Å². The van der Waals surface area contributed by atoms with Gasteiger partial charge in [-0.1, -0.05) is 17.3 Å². The van der Waals surface area contributed by atoms with Crippen LogP contribution < -0.4 is 5.32 Å². The number of sulfone groups is 1. The van der Waals surface area contributed by atoms with E-state index in [2.05, 4.69) is 15.6 Å². The molecule has 0 aliphatic rings.